The molecule has 2 rings (SSSR count). The Morgan fingerprint density at radius 1 is 1.17 bits per heavy atom. The van der Waals surface area contributed by atoms with E-state index in [0.29, 0.717) is 17.1 Å². The molecule has 0 fully saturated rings. The molecule has 1 atom stereocenters. The van der Waals surface area contributed by atoms with Crippen LogP contribution < -0.4 is 9.47 Å². The van der Waals surface area contributed by atoms with Gasteiger partial charge in [0.1, 0.15) is 5.82 Å². The van der Waals surface area contributed by atoms with Gasteiger partial charge in [0.15, 0.2) is 11.5 Å². The van der Waals surface area contributed by atoms with Gasteiger partial charge < -0.3 is 19.5 Å². The lowest BCUT2D eigenvalue weighted by Gasteiger charge is -2.22. The van der Waals surface area contributed by atoms with E-state index in [0.717, 1.165) is 0 Å². The van der Waals surface area contributed by atoms with E-state index >= 15 is 0 Å². The van der Waals surface area contributed by atoms with E-state index < -0.39 is 11.9 Å². The number of nitrogens with zero attached hydrogens (tertiary/aromatic N) is 1. The molecular formula is C18H20FNO4. The SMILES string of the molecule is COc1ccc(C(O)CN(C)C(=O)c2cccc(F)c2)cc1OC. The van der Waals surface area contributed by atoms with Crippen molar-refractivity contribution in [3.63, 3.8) is 0 Å². The molecule has 2 aromatic rings. The zero-order chi connectivity index (χ0) is 17.7. The summed E-state index contributed by atoms with van der Waals surface area (Å²) in [4.78, 5) is 13.6. The van der Waals surface area contributed by atoms with Gasteiger partial charge in [-0.05, 0) is 35.9 Å². The van der Waals surface area contributed by atoms with E-state index in [9.17, 15) is 14.3 Å². The highest BCUT2D eigenvalue weighted by Crippen LogP contribution is 2.30. The number of hydrogen-bond acceptors (Lipinski definition) is 4. The molecule has 0 aliphatic rings. The molecule has 2 aromatic carbocycles. The van der Waals surface area contributed by atoms with Crippen molar-refractivity contribution < 1.29 is 23.8 Å². The standard InChI is InChI=1S/C18H20FNO4/c1-20(18(22)13-5-4-6-14(19)9-13)11-15(21)12-7-8-16(23-2)17(10-12)24-3/h4-10,15,21H,11H2,1-3H3. The number of halogens is 1. The molecule has 0 bridgehead atoms. The fraction of sp³-hybridized carbons (Fsp3) is 0.278. The molecule has 0 heterocycles. The summed E-state index contributed by atoms with van der Waals surface area (Å²) in [5.41, 5.74) is 0.823. The average molecular weight is 333 g/mol. The highest BCUT2D eigenvalue weighted by Gasteiger charge is 2.18. The number of carbonyl (C=O) groups excluding carboxylic acids is 1. The zero-order valence-electron chi connectivity index (χ0n) is 13.8. The maximum absolute atomic E-state index is 13.2. The van der Waals surface area contributed by atoms with Crippen molar-refractivity contribution in [2.75, 3.05) is 27.8 Å². The van der Waals surface area contributed by atoms with Crippen LogP contribution in [0.15, 0.2) is 42.5 Å². The second-order valence-corrected chi connectivity index (χ2v) is 5.33. The van der Waals surface area contributed by atoms with E-state index in [1.54, 1.807) is 25.2 Å². The number of amides is 1. The third kappa shape index (κ3) is 4.02. The first-order chi connectivity index (χ1) is 11.5. The number of methoxy groups -OCH3 is 2. The van der Waals surface area contributed by atoms with Crippen LogP contribution in [0.1, 0.15) is 22.0 Å². The number of rotatable bonds is 6. The van der Waals surface area contributed by atoms with Gasteiger partial charge in [0, 0.05) is 12.6 Å². The zero-order valence-corrected chi connectivity index (χ0v) is 13.8. The Kier molecular flexibility index (Phi) is 5.76. The van der Waals surface area contributed by atoms with Crippen LogP contribution in [0.3, 0.4) is 0 Å². The Morgan fingerprint density at radius 2 is 1.88 bits per heavy atom. The van der Waals surface area contributed by atoms with E-state index in [-0.39, 0.29) is 18.0 Å². The van der Waals surface area contributed by atoms with Crippen LogP contribution >= 0.6 is 0 Å². The smallest absolute Gasteiger partial charge is 0.253 e. The summed E-state index contributed by atoms with van der Waals surface area (Å²) in [6.07, 6.45) is -0.910. The minimum atomic E-state index is -0.910. The van der Waals surface area contributed by atoms with E-state index in [1.807, 2.05) is 0 Å². The van der Waals surface area contributed by atoms with Gasteiger partial charge in [0.2, 0.25) is 0 Å². The Morgan fingerprint density at radius 3 is 2.50 bits per heavy atom. The molecule has 1 unspecified atom stereocenters. The Bertz CT molecular complexity index is 720. The van der Waals surface area contributed by atoms with Crippen molar-refractivity contribution in [1.82, 2.24) is 4.90 Å². The van der Waals surface area contributed by atoms with Gasteiger partial charge >= 0.3 is 0 Å². The molecule has 0 aliphatic carbocycles. The number of carbonyl (C=O) groups is 1. The lowest BCUT2D eigenvalue weighted by molar-refractivity contribution is 0.0680. The molecular weight excluding hydrogens is 313 g/mol. The van der Waals surface area contributed by atoms with Gasteiger partial charge in [-0.2, -0.15) is 0 Å². The minimum Gasteiger partial charge on any atom is -0.493 e. The lowest BCUT2D eigenvalue weighted by atomic mass is 10.1. The lowest BCUT2D eigenvalue weighted by Crippen LogP contribution is -2.31. The van der Waals surface area contributed by atoms with Crippen molar-refractivity contribution in [1.29, 1.82) is 0 Å². The van der Waals surface area contributed by atoms with Gasteiger partial charge in [-0.3, -0.25) is 4.79 Å². The molecule has 24 heavy (non-hydrogen) atoms. The predicted octanol–water partition coefficient (Wildman–Crippen LogP) is 2.65. The summed E-state index contributed by atoms with van der Waals surface area (Å²) >= 11 is 0. The number of aliphatic hydroxyl groups is 1. The second-order valence-electron chi connectivity index (χ2n) is 5.33. The van der Waals surface area contributed by atoms with E-state index in [2.05, 4.69) is 0 Å². The van der Waals surface area contributed by atoms with Crippen molar-refractivity contribution in [3.05, 3.63) is 59.4 Å². The molecule has 6 heteroatoms. The Balaban J connectivity index is 2.11. The molecule has 0 aliphatic heterocycles. The van der Waals surface area contributed by atoms with Crippen LogP contribution in [0.25, 0.3) is 0 Å². The Hall–Kier alpha value is -2.60. The van der Waals surface area contributed by atoms with Crippen molar-refractivity contribution >= 4 is 5.91 Å². The largest absolute Gasteiger partial charge is 0.493 e. The molecule has 5 nitrogen and oxygen atoms in total. The predicted molar refractivity (Wildman–Crippen MR) is 87.9 cm³/mol. The molecule has 1 N–H and O–H groups in total. The summed E-state index contributed by atoms with van der Waals surface area (Å²) in [6, 6.07) is 10.5. The summed E-state index contributed by atoms with van der Waals surface area (Å²) < 4.78 is 23.6. The monoisotopic (exact) mass is 333 g/mol. The maximum atomic E-state index is 13.2. The number of benzene rings is 2. The van der Waals surface area contributed by atoms with Crippen LogP contribution in [0, 0.1) is 5.82 Å². The van der Waals surface area contributed by atoms with Crippen LogP contribution in [0.5, 0.6) is 11.5 Å². The molecule has 0 saturated heterocycles. The number of likely N-dealkylation sites (N-methyl/N-ethyl adjacent to an activating group) is 1. The first kappa shape index (κ1) is 17.7. The number of ether oxygens (including phenoxy) is 2. The van der Waals surface area contributed by atoms with Gasteiger partial charge in [-0.1, -0.05) is 12.1 Å². The van der Waals surface area contributed by atoms with Gasteiger partial charge in [-0.15, -0.1) is 0 Å². The normalized spacial score (nSPS) is 11.7. The summed E-state index contributed by atoms with van der Waals surface area (Å²) in [7, 11) is 4.59. The molecule has 0 spiro atoms. The highest BCUT2D eigenvalue weighted by molar-refractivity contribution is 5.94. The van der Waals surface area contributed by atoms with Crippen molar-refractivity contribution in [3.8, 4) is 11.5 Å². The Labute approximate surface area is 140 Å². The fourth-order valence-corrected chi connectivity index (χ4v) is 2.35. The van der Waals surface area contributed by atoms with Gasteiger partial charge in [0.25, 0.3) is 5.91 Å². The first-order valence-corrected chi connectivity index (χ1v) is 7.37. The minimum absolute atomic E-state index is 0.0603. The third-order valence-electron chi connectivity index (χ3n) is 3.66. The van der Waals surface area contributed by atoms with Crippen LogP contribution in [0.4, 0.5) is 4.39 Å². The summed E-state index contributed by atoms with van der Waals surface area (Å²) in [5, 5.41) is 10.4. The molecule has 1 amide bonds. The van der Waals surface area contributed by atoms with Crippen molar-refractivity contribution in [2.24, 2.45) is 0 Å². The summed E-state index contributed by atoms with van der Waals surface area (Å²) in [5.74, 6) is 0.203. The van der Waals surface area contributed by atoms with Crippen LogP contribution in [-0.2, 0) is 0 Å². The molecule has 0 aromatic heterocycles. The summed E-state index contributed by atoms with van der Waals surface area (Å²) in [6.45, 7) is 0.0603. The molecule has 0 radical (unpaired) electrons. The first-order valence-electron chi connectivity index (χ1n) is 7.37. The van der Waals surface area contributed by atoms with E-state index in [4.69, 9.17) is 9.47 Å². The van der Waals surface area contributed by atoms with Crippen LogP contribution in [-0.4, -0.2) is 43.7 Å². The van der Waals surface area contributed by atoms with E-state index in [1.165, 1.54) is 43.4 Å². The molecule has 0 saturated carbocycles. The maximum Gasteiger partial charge on any atom is 0.253 e. The number of aliphatic hydroxyl groups excluding tert-OH is 1. The fourth-order valence-electron chi connectivity index (χ4n) is 2.35. The second kappa shape index (κ2) is 7.79. The highest BCUT2D eigenvalue weighted by atomic mass is 19.1. The third-order valence-corrected chi connectivity index (χ3v) is 3.66. The number of hydrogen-bond donors (Lipinski definition) is 1. The van der Waals surface area contributed by atoms with Crippen molar-refractivity contribution in [2.45, 2.75) is 6.10 Å². The quantitative estimate of drug-likeness (QED) is 0.883. The topological polar surface area (TPSA) is 59.0 Å². The van der Waals surface area contributed by atoms with Gasteiger partial charge in [0.05, 0.1) is 26.9 Å². The average Bonchev–Trinajstić information content (AvgIpc) is 2.60. The van der Waals surface area contributed by atoms with Gasteiger partial charge in [-0.25, -0.2) is 4.39 Å². The van der Waals surface area contributed by atoms with Crippen LogP contribution in [0.2, 0.25) is 0 Å². The molecule has 128 valence electrons.